The van der Waals surface area contributed by atoms with Gasteiger partial charge in [-0.25, -0.2) is 9.97 Å². The van der Waals surface area contributed by atoms with E-state index < -0.39 is 17.4 Å². The number of likely N-dealkylation sites (tertiary alicyclic amines) is 1. The third kappa shape index (κ3) is 3.88. The maximum atomic E-state index is 12.4. The smallest absolute Gasteiger partial charge is 0.269 e. The maximum Gasteiger partial charge on any atom is 0.269 e. The van der Waals surface area contributed by atoms with E-state index in [0.717, 1.165) is 6.42 Å². The molecule has 5 rings (SSSR count). The van der Waals surface area contributed by atoms with Crippen LogP contribution in [0.2, 0.25) is 0 Å². The molecule has 11 heteroatoms. The standard InChI is InChI=1S/C23H24N6O5/c1-29-7-6-23(32,22(29)31)18-10-16(28-34-18)13-3-2-4-14(9-13)21-25-11-17(19(27-21)20(24)30)26-15-5-8-33-12-15/h2-4,9-11,15,26,32H,5-8,12H2,1H3,(H2,24,30)/t15-,23-/m1/s1. The fourth-order valence-corrected chi connectivity index (χ4v) is 4.19. The number of benzene rings is 1. The van der Waals surface area contributed by atoms with Gasteiger partial charge in [0.2, 0.25) is 5.60 Å². The van der Waals surface area contributed by atoms with Crippen LogP contribution in [0.15, 0.2) is 41.1 Å². The molecular formula is C23H24N6O5. The average Bonchev–Trinajstić information content (AvgIpc) is 3.59. The number of likely N-dealkylation sites (N-methyl/N-ethyl adjacent to an activating group) is 1. The number of hydrogen-bond donors (Lipinski definition) is 3. The van der Waals surface area contributed by atoms with Gasteiger partial charge >= 0.3 is 0 Å². The minimum atomic E-state index is -1.72. The lowest BCUT2D eigenvalue weighted by atomic mass is 9.98. The second kappa shape index (κ2) is 8.50. The quantitative estimate of drug-likeness (QED) is 0.487. The molecule has 0 saturated carbocycles. The molecule has 11 nitrogen and oxygen atoms in total. The summed E-state index contributed by atoms with van der Waals surface area (Å²) in [5, 5.41) is 18.1. The van der Waals surface area contributed by atoms with Crippen LogP contribution in [0.25, 0.3) is 22.6 Å². The molecule has 2 saturated heterocycles. The van der Waals surface area contributed by atoms with Crippen LogP contribution in [-0.2, 0) is 15.1 Å². The molecule has 2 amide bonds. The van der Waals surface area contributed by atoms with Gasteiger partial charge in [-0.3, -0.25) is 9.59 Å². The minimum absolute atomic E-state index is 0.0681. The van der Waals surface area contributed by atoms with E-state index in [2.05, 4.69) is 20.4 Å². The van der Waals surface area contributed by atoms with Crippen molar-refractivity contribution in [2.75, 3.05) is 32.1 Å². The number of anilines is 1. The van der Waals surface area contributed by atoms with E-state index in [1.165, 1.54) is 4.90 Å². The Labute approximate surface area is 194 Å². The first-order valence-corrected chi connectivity index (χ1v) is 10.9. The van der Waals surface area contributed by atoms with Crippen molar-refractivity contribution in [3.05, 3.63) is 48.0 Å². The van der Waals surface area contributed by atoms with Gasteiger partial charge in [-0.1, -0.05) is 23.4 Å². The molecule has 4 N–H and O–H groups in total. The predicted octanol–water partition coefficient (Wildman–Crippen LogP) is 1.15. The number of primary amides is 1. The molecule has 0 radical (unpaired) electrons. The van der Waals surface area contributed by atoms with E-state index in [0.29, 0.717) is 48.1 Å². The van der Waals surface area contributed by atoms with Gasteiger partial charge in [-0.15, -0.1) is 0 Å². The Bertz CT molecular complexity index is 1250. The van der Waals surface area contributed by atoms with Crippen LogP contribution in [0, 0.1) is 0 Å². The highest BCUT2D eigenvalue weighted by Crippen LogP contribution is 2.35. The number of rotatable bonds is 6. The average molecular weight is 464 g/mol. The summed E-state index contributed by atoms with van der Waals surface area (Å²) in [6.45, 7) is 1.62. The first-order chi connectivity index (χ1) is 16.3. The number of nitrogens with zero attached hydrogens (tertiary/aromatic N) is 4. The van der Waals surface area contributed by atoms with Gasteiger partial charge < -0.3 is 30.3 Å². The van der Waals surface area contributed by atoms with Crippen LogP contribution in [-0.4, -0.2) is 69.8 Å². The number of hydrogen-bond acceptors (Lipinski definition) is 9. The lowest BCUT2D eigenvalue weighted by Gasteiger charge is -2.16. The fourth-order valence-electron chi connectivity index (χ4n) is 4.19. The van der Waals surface area contributed by atoms with Crippen molar-refractivity contribution in [3.63, 3.8) is 0 Å². The fraction of sp³-hybridized carbons (Fsp3) is 0.348. The van der Waals surface area contributed by atoms with Crippen molar-refractivity contribution in [1.82, 2.24) is 20.0 Å². The third-order valence-corrected chi connectivity index (χ3v) is 6.16. The van der Waals surface area contributed by atoms with Crippen molar-refractivity contribution in [3.8, 4) is 22.6 Å². The van der Waals surface area contributed by atoms with Gasteiger partial charge in [0.25, 0.3) is 11.8 Å². The zero-order valence-corrected chi connectivity index (χ0v) is 18.5. The Balaban J connectivity index is 1.43. The topological polar surface area (TPSA) is 157 Å². The van der Waals surface area contributed by atoms with Gasteiger partial charge in [0.1, 0.15) is 5.69 Å². The first-order valence-electron chi connectivity index (χ1n) is 10.9. The highest BCUT2D eigenvalue weighted by Gasteiger charge is 2.48. The largest absolute Gasteiger partial charge is 0.379 e. The molecular weight excluding hydrogens is 440 g/mol. The molecule has 34 heavy (non-hydrogen) atoms. The highest BCUT2D eigenvalue weighted by atomic mass is 16.5. The Hall–Kier alpha value is -3.83. The molecule has 0 unspecified atom stereocenters. The van der Waals surface area contributed by atoms with Crippen LogP contribution in [0.1, 0.15) is 29.1 Å². The monoisotopic (exact) mass is 464 g/mol. The summed E-state index contributed by atoms with van der Waals surface area (Å²) in [7, 11) is 1.63. The normalized spacial score (nSPS) is 22.4. The van der Waals surface area contributed by atoms with Gasteiger partial charge in [-0.2, -0.15) is 0 Å². The predicted molar refractivity (Wildman–Crippen MR) is 120 cm³/mol. The molecule has 2 aromatic heterocycles. The van der Waals surface area contributed by atoms with Crippen LogP contribution < -0.4 is 11.1 Å². The SMILES string of the molecule is CN1CC[C@@](O)(c2cc(-c3cccc(-c4ncc(N[C@@H]5CCOC5)c(C(N)=O)n4)c3)no2)C1=O. The number of carbonyl (C=O) groups is 2. The van der Waals surface area contributed by atoms with Crippen LogP contribution in [0.4, 0.5) is 5.69 Å². The number of ether oxygens (including phenoxy) is 1. The molecule has 2 fully saturated rings. The molecule has 0 spiro atoms. The molecule has 4 heterocycles. The first kappa shape index (κ1) is 22.0. The van der Waals surface area contributed by atoms with Crippen molar-refractivity contribution in [2.24, 2.45) is 5.73 Å². The summed E-state index contributed by atoms with van der Waals surface area (Å²) in [5.74, 6) is -0.671. The summed E-state index contributed by atoms with van der Waals surface area (Å²) in [5.41, 5.74) is 6.17. The Kier molecular flexibility index (Phi) is 5.50. The van der Waals surface area contributed by atoms with Crippen LogP contribution in [0.5, 0.6) is 0 Å². The summed E-state index contributed by atoms with van der Waals surface area (Å²) >= 11 is 0. The zero-order chi connectivity index (χ0) is 23.9. The summed E-state index contributed by atoms with van der Waals surface area (Å²) in [6.07, 6.45) is 2.59. The van der Waals surface area contributed by atoms with E-state index >= 15 is 0 Å². The highest BCUT2D eigenvalue weighted by molar-refractivity contribution is 5.96. The van der Waals surface area contributed by atoms with E-state index in [1.807, 2.05) is 6.07 Å². The van der Waals surface area contributed by atoms with Crippen molar-refractivity contribution in [1.29, 1.82) is 0 Å². The lowest BCUT2D eigenvalue weighted by Crippen LogP contribution is -2.35. The molecule has 0 aliphatic carbocycles. The van der Waals surface area contributed by atoms with Crippen LogP contribution in [0.3, 0.4) is 0 Å². The zero-order valence-electron chi connectivity index (χ0n) is 18.5. The van der Waals surface area contributed by atoms with E-state index in [-0.39, 0.29) is 23.9 Å². The van der Waals surface area contributed by atoms with Crippen molar-refractivity contribution in [2.45, 2.75) is 24.5 Å². The van der Waals surface area contributed by atoms with Gasteiger partial charge in [0.15, 0.2) is 17.3 Å². The number of aliphatic hydroxyl groups is 1. The Morgan fingerprint density at radius 2 is 2.15 bits per heavy atom. The molecule has 176 valence electrons. The van der Waals surface area contributed by atoms with E-state index in [4.69, 9.17) is 15.0 Å². The van der Waals surface area contributed by atoms with Crippen molar-refractivity contribution < 1.29 is 24.0 Å². The Morgan fingerprint density at radius 3 is 2.85 bits per heavy atom. The second-order valence-corrected chi connectivity index (χ2v) is 8.52. The van der Waals surface area contributed by atoms with Gasteiger partial charge in [-0.05, 0) is 12.5 Å². The van der Waals surface area contributed by atoms with Gasteiger partial charge in [0, 0.05) is 43.8 Å². The summed E-state index contributed by atoms with van der Waals surface area (Å²) in [4.78, 5) is 34.7. The number of aromatic nitrogens is 3. The molecule has 0 bridgehead atoms. The number of nitrogens with one attached hydrogen (secondary N) is 1. The lowest BCUT2D eigenvalue weighted by molar-refractivity contribution is -0.144. The Morgan fingerprint density at radius 1 is 1.32 bits per heavy atom. The van der Waals surface area contributed by atoms with Crippen molar-refractivity contribution >= 4 is 17.5 Å². The second-order valence-electron chi connectivity index (χ2n) is 8.52. The molecule has 2 aliphatic rings. The molecule has 1 aromatic carbocycles. The number of nitrogens with two attached hydrogens (primary N) is 1. The third-order valence-electron chi connectivity index (χ3n) is 6.16. The summed E-state index contributed by atoms with van der Waals surface area (Å²) < 4.78 is 10.7. The van der Waals surface area contributed by atoms with Crippen LogP contribution >= 0.6 is 0 Å². The molecule has 2 aliphatic heterocycles. The summed E-state index contributed by atoms with van der Waals surface area (Å²) in [6, 6.07) is 8.80. The maximum absolute atomic E-state index is 12.4. The van der Waals surface area contributed by atoms with E-state index in [9.17, 15) is 14.7 Å². The molecule has 3 aromatic rings. The number of amides is 2. The van der Waals surface area contributed by atoms with E-state index in [1.54, 1.807) is 37.5 Å². The van der Waals surface area contributed by atoms with Gasteiger partial charge in [0.05, 0.1) is 24.5 Å². The molecule has 2 atom stereocenters. The number of carbonyl (C=O) groups excluding carboxylic acids is 2. The minimum Gasteiger partial charge on any atom is -0.379 e.